The van der Waals surface area contributed by atoms with E-state index in [9.17, 15) is 18.8 Å². The van der Waals surface area contributed by atoms with Gasteiger partial charge in [-0.25, -0.2) is 9.07 Å². The number of nitrogens with zero attached hydrogens (tertiary/aromatic N) is 3. The third-order valence-corrected chi connectivity index (χ3v) is 5.84. The summed E-state index contributed by atoms with van der Waals surface area (Å²) in [7, 11) is 1.50. The second-order valence-electron chi connectivity index (χ2n) is 7.71. The zero-order chi connectivity index (χ0) is 20.5. The number of fused-ring (bicyclic) bond motifs is 1. The molecule has 152 valence electrons. The third kappa shape index (κ3) is 3.79. The largest absolute Gasteiger partial charge is 0.351 e. The molecule has 0 radical (unpaired) electrons. The van der Waals surface area contributed by atoms with Crippen LogP contribution in [0.1, 0.15) is 47.7 Å². The first-order valence-electron chi connectivity index (χ1n) is 9.84. The van der Waals surface area contributed by atoms with E-state index in [-0.39, 0.29) is 46.9 Å². The highest BCUT2D eigenvalue weighted by Gasteiger charge is 2.46. The Morgan fingerprint density at radius 3 is 2.79 bits per heavy atom. The van der Waals surface area contributed by atoms with E-state index in [1.165, 1.54) is 31.3 Å². The zero-order valence-corrected chi connectivity index (χ0v) is 16.2. The van der Waals surface area contributed by atoms with Crippen molar-refractivity contribution in [3.8, 4) is 0 Å². The van der Waals surface area contributed by atoms with Crippen LogP contribution >= 0.6 is 0 Å². The lowest BCUT2D eigenvalue weighted by molar-refractivity contribution is -0.122. The molecule has 0 aliphatic carbocycles. The summed E-state index contributed by atoms with van der Waals surface area (Å²) in [6.45, 7) is 0.350. The molecule has 8 heteroatoms. The third-order valence-electron chi connectivity index (χ3n) is 5.84. The Bertz CT molecular complexity index is 1010. The Morgan fingerprint density at radius 2 is 2.03 bits per heavy atom. The molecule has 29 heavy (non-hydrogen) atoms. The molecular formula is C21H23FN4O3. The lowest BCUT2D eigenvalue weighted by Gasteiger charge is -2.31. The van der Waals surface area contributed by atoms with Crippen LogP contribution in [0.2, 0.25) is 0 Å². The maximum absolute atomic E-state index is 13.9. The molecule has 0 unspecified atom stereocenters. The Morgan fingerprint density at radius 1 is 1.21 bits per heavy atom. The van der Waals surface area contributed by atoms with Gasteiger partial charge in [-0.05, 0) is 36.6 Å². The van der Waals surface area contributed by atoms with E-state index < -0.39 is 0 Å². The van der Waals surface area contributed by atoms with Crippen LogP contribution in [0.5, 0.6) is 0 Å². The van der Waals surface area contributed by atoms with Crippen LogP contribution in [0.3, 0.4) is 0 Å². The number of aryl methyl sites for hydroxylation is 1. The summed E-state index contributed by atoms with van der Waals surface area (Å²) >= 11 is 0. The quantitative estimate of drug-likeness (QED) is 0.833. The molecule has 3 heterocycles. The fraction of sp³-hybridized carbons (Fsp3) is 0.429. The van der Waals surface area contributed by atoms with Crippen molar-refractivity contribution < 1.29 is 14.0 Å². The lowest BCUT2D eigenvalue weighted by atomic mass is 9.88. The lowest BCUT2D eigenvalue weighted by Crippen LogP contribution is -2.49. The van der Waals surface area contributed by atoms with Gasteiger partial charge in [0.15, 0.2) is 0 Å². The number of amides is 2. The van der Waals surface area contributed by atoms with E-state index >= 15 is 0 Å². The van der Waals surface area contributed by atoms with E-state index in [2.05, 4.69) is 10.4 Å². The van der Waals surface area contributed by atoms with Gasteiger partial charge in [0, 0.05) is 32.0 Å². The topological polar surface area (TPSA) is 84.3 Å². The minimum Gasteiger partial charge on any atom is -0.351 e. The predicted octanol–water partition coefficient (Wildman–Crippen LogP) is 1.59. The average molecular weight is 398 g/mol. The molecule has 2 aliphatic heterocycles. The molecule has 0 bridgehead atoms. The summed E-state index contributed by atoms with van der Waals surface area (Å²) in [5, 5.41) is 7.16. The van der Waals surface area contributed by atoms with E-state index in [4.69, 9.17) is 0 Å². The molecule has 1 aromatic heterocycles. The number of halogens is 1. The van der Waals surface area contributed by atoms with E-state index in [0.29, 0.717) is 13.0 Å². The van der Waals surface area contributed by atoms with Gasteiger partial charge in [0.2, 0.25) is 5.91 Å². The van der Waals surface area contributed by atoms with Crippen LogP contribution in [-0.4, -0.2) is 45.1 Å². The zero-order valence-electron chi connectivity index (χ0n) is 16.2. The number of likely N-dealkylation sites (tertiary alicyclic amines) is 1. The SMILES string of the molecule is Cn1nc(C(=O)N2C[C@@H](c3cccc(F)c3)[C@@H]3NC(=O)CCCC[C@H]32)ccc1=O. The normalized spacial score (nSPS) is 24.4. The second kappa shape index (κ2) is 7.77. The number of hydrogen-bond acceptors (Lipinski definition) is 4. The first kappa shape index (κ1) is 19.3. The monoisotopic (exact) mass is 398 g/mol. The van der Waals surface area contributed by atoms with Gasteiger partial charge in [0.25, 0.3) is 11.5 Å². The van der Waals surface area contributed by atoms with Crippen molar-refractivity contribution in [1.82, 2.24) is 20.0 Å². The number of carbonyl (C=O) groups is 2. The molecule has 4 rings (SSSR count). The summed E-state index contributed by atoms with van der Waals surface area (Å²) in [4.78, 5) is 38.9. The maximum atomic E-state index is 13.9. The van der Waals surface area contributed by atoms with Gasteiger partial charge in [-0.15, -0.1) is 0 Å². The molecular weight excluding hydrogens is 375 g/mol. The summed E-state index contributed by atoms with van der Waals surface area (Å²) in [5.41, 5.74) is 0.639. The fourth-order valence-electron chi connectivity index (χ4n) is 4.40. The minimum absolute atomic E-state index is 0.0457. The molecule has 2 fully saturated rings. The number of aromatic nitrogens is 2. The Labute approximate surface area is 167 Å². The smallest absolute Gasteiger partial charge is 0.274 e. The maximum Gasteiger partial charge on any atom is 0.274 e. The van der Waals surface area contributed by atoms with Crippen LogP contribution in [0.4, 0.5) is 4.39 Å². The molecule has 2 amide bonds. The number of benzene rings is 1. The number of hydrogen-bond donors (Lipinski definition) is 1. The van der Waals surface area contributed by atoms with Crippen LogP contribution in [-0.2, 0) is 11.8 Å². The highest BCUT2D eigenvalue weighted by Crippen LogP contribution is 2.36. The van der Waals surface area contributed by atoms with Gasteiger partial charge in [0.1, 0.15) is 11.5 Å². The van der Waals surface area contributed by atoms with Gasteiger partial charge in [-0.1, -0.05) is 18.6 Å². The van der Waals surface area contributed by atoms with E-state index in [1.807, 2.05) is 6.07 Å². The Hall–Kier alpha value is -3.03. The van der Waals surface area contributed by atoms with Crippen molar-refractivity contribution in [2.75, 3.05) is 6.54 Å². The standard InChI is InChI=1S/C21H23FN4O3/c1-25-19(28)10-9-16(24-25)21(29)26-12-15(13-5-4-6-14(22)11-13)20-17(26)7-2-3-8-18(27)23-20/h4-6,9-11,15,17,20H,2-3,7-8,12H2,1H3,(H,23,27)/t15-,17+,20-/m0/s1. The van der Waals surface area contributed by atoms with Crippen molar-refractivity contribution in [3.05, 3.63) is 63.8 Å². The van der Waals surface area contributed by atoms with Gasteiger partial charge in [0.05, 0.1) is 12.1 Å². The predicted molar refractivity (Wildman–Crippen MR) is 104 cm³/mol. The van der Waals surface area contributed by atoms with Crippen molar-refractivity contribution in [1.29, 1.82) is 0 Å². The summed E-state index contributed by atoms with van der Waals surface area (Å²) in [6, 6.07) is 8.56. The Kier molecular flexibility index (Phi) is 5.17. The highest BCUT2D eigenvalue weighted by atomic mass is 19.1. The molecule has 2 aromatic rings. The molecule has 2 aliphatic rings. The second-order valence-corrected chi connectivity index (χ2v) is 7.71. The Balaban J connectivity index is 1.71. The summed E-state index contributed by atoms with van der Waals surface area (Å²) in [5.74, 6) is -0.894. The molecule has 0 spiro atoms. The molecule has 1 N–H and O–H groups in total. The van der Waals surface area contributed by atoms with Gasteiger partial charge in [-0.2, -0.15) is 5.10 Å². The summed E-state index contributed by atoms with van der Waals surface area (Å²) in [6.07, 6.45) is 2.79. The van der Waals surface area contributed by atoms with Gasteiger partial charge in [-0.3, -0.25) is 14.4 Å². The molecule has 1 aromatic carbocycles. The van der Waals surface area contributed by atoms with Crippen molar-refractivity contribution in [2.45, 2.75) is 43.7 Å². The van der Waals surface area contributed by atoms with Crippen LogP contribution in [0, 0.1) is 5.82 Å². The highest BCUT2D eigenvalue weighted by molar-refractivity contribution is 5.93. The number of carbonyl (C=O) groups excluding carboxylic acids is 2. The minimum atomic E-state index is -0.347. The van der Waals surface area contributed by atoms with Crippen molar-refractivity contribution in [2.24, 2.45) is 7.05 Å². The van der Waals surface area contributed by atoms with Crippen LogP contribution in [0.25, 0.3) is 0 Å². The van der Waals surface area contributed by atoms with Crippen LogP contribution in [0.15, 0.2) is 41.2 Å². The van der Waals surface area contributed by atoms with Crippen LogP contribution < -0.4 is 10.9 Å². The fourth-order valence-corrected chi connectivity index (χ4v) is 4.40. The first-order valence-corrected chi connectivity index (χ1v) is 9.84. The average Bonchev–Trinajstić information content (AvgIpc) is 3.02. The van der Waals surface area contributed by atoms with E-state index in [0.717, 1.165) is 29.5 Å². The number of nitrogens with one attached hydrogen (secondary N) is 1. The van der Waals surface area contributed by atoms with Crippen molar-refractivity contribution in [3.63, 3.8) is 0 Å². The molecule has 2 saturated heterocycles. The van der Waals surface area contributed by atoms with Crippen molar-refractivity contribution >= 4 is 11.8 Å². The molecule has 3 atom stereocenters. The molecule has 0 saturated carbocycles. The first-order chi connectivity index (χ1) is 13.9. The molecule has 7 nitrogen and oxygen atoms in total. The summed E-state index contributed by atoms with van der Waals surface area (Å²) < 4.78 is 15.0. The van der Waals surface area contributed by atoms with Gasteiger partial charge < -0.3 is 10.2 Å². The number of rotatable bonds is 2. The van der Waals surface area contributed by atoms with E-state index in [1.54, 1.807) is 11.0 Å². The van der Waals surface area contributed by atoms with Gasteiger partial charge >= 0.3 is 0 Å².